The average Bonchev–Trinajstić information content (AvgIpc) is 2.65. The largest absolute Gasteiger partial charge is 0.493 e. The Balaban J connectivity index is 1.77. The Labute approximate surface area is 146 Å². The smallest absolute Gasteiger partial charge is 0.239 e. The van der Waals surface area contributed by atoms with Gasteiger partial charge in [0.05, 0.1) is 27.2 Å². The Hall–Kier alpha value is -3.09. The third-order valence-electron chi connectivity index (χ3n) is 3.50. The van der Waals surface area contributed by atoms with E-state index in [0.29, 0.717) is 18.0 Å². The Bertz CT molecular complexity index is 720. The predicted octanol–water partition coefficient (Wildman–Crippen LogP) is 1.07. The molecule has 0 bridgehead atoms. The highest BCUT2D eigenvalue weighted by molar-refractivity contribution is 5.85. The van der Waals surface area contributed by atoms with Gasteiger partial charge in [-0.2, -0.15) is 0 Å². The summed E-state index contributed by atoms with van der Waals surface area (Å²) in [4.78, 5) is 27.7. The third kappa shape index (κ3) is 5.80. The molecule has 0 fully saturated rings. The summed E-state index contributed by atoms with van der Waals surface area (Å²) in [5, 5.41) is 5.33. The molecule has 7 heteroatoms. The second-order valence-corrected chi connectivity index (χ2v) is 5.28. The molecule has 0 atom stereocenters. The van der Waals surface area contributed by atoms with Gasteiger partial charge in [-0.1, -0.05) is 6.07 Å². The molecule has 0 aliphatic carbocycles. The number of hydrogen-bond acceptors (Lipinski definition) is 5. The van der Waals surface area contributed by atoms with Gasteiger partial charge >= 0.3 is 0 Å². The van der Waals surface area contributed by atoms with Crippen molar-refractivity contribution in [3.63, 3.8) is 0 Å². The number of nitrogens with one attached hydrogen (secondary N) is 2. The highest BCUT2D eigenvalue weighted by atomic mass is 16.5. The number of pyridine rings is 1. The first kappa shape index (κ1) is 18.3. The molecule has 0 spiro atoms. The Kier molecular flexibility index (Phi) is 6.76. The maximum Gasteiger partial charge on any atom is 0.239 e. The zero-order valence-corrected chi connectivity index (χ0v) is 14.2. The number of methoxy groups -OCH3 is 2. The number of hydrogen-bond donors (Lipinski definition) is 2. The van der Waals surface area contributed by atoms with Crippen molar-refractivity contribution in [2.45, 2.75) is 13.0 Å². The van der Waals surface area contributed by atoms with Gasteiger partial charge in [-0.15, -0.1) is 0 Å². The molecule has 1 aromatic heterocycles. The molecule has 0 saturated carbocycles. The van der Waals surface area contributed by atoms with Gasteiger partial charge in [-0.3, -0.25) is 14.6 Å². The van der Waals surface area contributed by atoms with E-state index in [9.17, 15) is 9.59 Å². The van der Waals surface area contributed by atoms with E-state index in [1.54, 1.807) is 37.7 Å². The second-order valence-electron chi connectivity index (χ2n) is 5.28. The van der Waals surface area contributed by atoms with Crippen LogP contribution >= 0.6 is 0 Å². The van der Waals surface area contributed by atoms with Gasteiger partial charge in [-0.05, 0) is 35.4 Å². The summed E-state index contributed by atoms with van der Waals surface area (Å²) in [6.45, 7) is 0.324. The summed E-state index contributed by atoms with van der Waals surface area (Å²) < 4.78 is 10.4. The van der Waals surface area contributed by atoms with E-state index in [-0.39, 0.29) is 24.8 Å². The minimum atomic E-state index is -0.252. The van der Waals surface area contributed by atoms with Crippen molar-refractivity contribution in [1.82, 2.24) is 15.6 Å². The molecule has 0 saturated heterocycles. The lowest BCUT2D eigenvalue weighted by Crippen LogP contribution is -2.37. The maximum atomic E-state index is 12.0. The number of ether oxygens (including phenoxy) is 2. The van der Waals surface area contributed by atoms with E-state index in [1.165, 1.54) is 7.11 Å². The number of aromatic nitrogens is 1. The van der Waals surface area contributed by atoms with Gasteiger partial charge in [-0.25, -0.2) is 0 Å². The molecule has 1 heterocycles. The van der Waals surface area contributed by atoms with Crippen molar-refractivity contribution in [3.05, 3.63) is 53.9 Å². The van der Waals surface area contributed by atoms with Crippen molar-refractivity contribution in [2.24, 2.45) is 0 Å². The fourth-order valence-corrected chi connectivity index (χ4v) is 2.18. The first-order valence-corrected chi connectivity index (χ1v) is 7.75. The van der Waals surface area contributed by atoms with Gasteiger partial charge in [0.25, 0.3) is 0 Å². The van der Waals surface area contributed by atoms with E-state index in [1.807, 2.05) is 12.1 Å². The third-order valence-corrected chi connectivity index (χ3v) is 3.50. The van der Waals surface area contributed by atoms with Crippen LogP contribution in [0.3, 0.4) is 0 Å². The monoisotopic (exact) mass is 343 g/mol. The van der Waals surface area contributed by atoms with Gasteiger partial charge in [0.2, 0.25) is 11.8 Å². The normalized spacial score (nSPS) is 10.0. The molecule has 2 N–H and O–H groups in total. The molecular weight excluding hydrogens is 322 g/mol. The van der Waals surface area contributed by atoms with Crippen LogP contribution < -0.4 is 20.1 Å². The van der Waals surface area contributed by atoms with E-state index in [0.717, 1.165) is 11.1 Å². The first-order valence-electron chi connectivity index (χ1n) is 7.75. The number of carbonyl (C=O) groups excluding carboxylic acids is 2. The fourth-order valence-electron chi connectivity index (χ4n) is 2.18. The number of amides is 2. The molecule has 0 aliphatic heterocycles. The van der Waals surface area contributed by atoms with Crippen molar-refractivity contribution in [2.75, 3.05) is 20.8 Å². The summed E-state index contributed by atoms with van der Waals surface area (Å²) in [6, 6.07) is 8.89. The lowest BCUT2D eigenvalue weighted by molar-refractivity contribution is -0.125. The molecule has 25 heavy (non-hydrogen) atoms. The van der Waals surface area contributed by atoms with E-state index in [2.05, 4.69) is 15.6 Å². The zero-order valence-electron chi connectivity index (χ0n) is 14.2. The zero-order chi connectivity index (χ0) is 18.1. The minimum Gasteiger partial charge on any atom is -0.493 e. The van der Waals surface area contributed by atoms with Gasteiger partial charge in [0, 0.05) is 18.9 Å². The van der Waals surface area contributed by atoms with Gasteiger partial charge < -0.3 is 20.1 Å². The molecule has 7 nitrogen and oxygen atoms in total. The van der Waals surface area contributed by atoms with Crippen molar-refractivity contribution >= 4 is 11.8 Å². The summed E-state index contributed by atoms with van der Waals surface area (Å²) in [5.41, 5.74) is 1.72. The summed E-state index contributed by atoms with van der Waals surface area (Å²) in [7, 11) is 3.09. The SMILES string of the molecule is COc1ccc(CC(=O)NCC(=O)NCc2ccncc2)cc1OC. The van der Waals surface area contributed by atoms with Crippen LogP contribution in [0.4, 0.5) is 0 Å². The topological polar surface area (TPSA) is 89.5 Å². The first-order chi connectivity index (χ1) is 12.1. The Morgan fingerprint density at radius 3 is 2.32 bits per heavy atom. The van der Waals surface area contributed by atoms with Crippen LogP contribution in [0.25, 0.3) is 0 Å². The van der Waals surface area contributed by atoms with E-state index >= 15 is 0 Å². The highest BCUT2D eigenvalue weighted by Crippen LogP contribution is 2.27. The van der Waals surface area contributed by atoms with Crippen LogP contribution in [0, 0.1) is 0 Å². The molecule has 1 aromatic carbocycles. The van der Waals surface area contributed by atoms with Crippen molar-refractivity contribution in [3.8, 4) is 11.5 Å². The lowest BCUT2D eigenvalue weighted by atomic mass is 10.1. The number of benzene rings is 1. The lowest BCUT2D eigenvalue weighted by Gasteiger charge is -2.10. The molecule has 2 aromatic rings. The summed E-state index contributed by atoms with van der Waals surface area (Å²) >= 11 is 0. The van der Waals surface area contributed by atoms with Crippen LogP contribution in [0.5, 0.6) is 11.5 Å². The molecule has 132 valence electrons. The molecule has 2 amide bonds. The highest BCUT2D eigenvalue weighted by Gasteiger charge is 2.09. The maximum absolute atomic E-state index is 12.0. The number of rotatable bonds is 8. The molecule has 0 radical (unpaired) electrons. The predicted molar refractivity (Wildman–Crippen MR) is 92.3 cm³/mol. The molecular formula is C18H21N3O4. The molecule has 0 aliphatic rings. The van der Waals surface area contributed by atoms with Crippen LogP contribution in [-0.2, 0) is 22.6 Å². The molecule has 2 rings (SSSR count). The summed E-state index contributed by atoms with van der Waals surface area (Å²) in [5.74, 6) is 0.661. The Morgan fingerprint density at radius 2 is 1.64 bits per heavy atom. The van der Waals surface area contributed by atoms with Crippen molar-refractivity contribution in [1.29, 1.82) is 0 Å². The number of carbonyl (C=O) groups is 2. The molecule has 0 unspecified atom stereocenters. The quantitative estimate of drug-likeness (QED) is 0.748. The van der Waals surface area contributed by atoms with Crippen LogP contribution in [0.15, 0.2) is 42.7 Å². The van der Waals surface area contributed by atoms with Gasteiger partial charge in [0.15, 0.2) is 11.5 Å². The summed E-state index contributed by atoms with van der Waals surface area (Å²) in [6.07, 6.45) is 3.47. The Morgan fingerprint density at radius 1 is 0.920 bits per heavy atom. The van der Waals surface area contributed by atoms with E-state index < -0.39 is 0 Å². The van der Waals surface area contributed by atoms with Crippen molar-refractivity contribution < 1.29 is 19.1 Å². The van der Waals surface area contributed by atoms with Gasteiger partial charge in [0.1, 0.15) is 0 Å². The van der Waals surface area contributed by atoms with Crippen LogP contribution in [0.2, 0.25) is 0 Å². The fraction of sp³-hybridized carbons (Fsp3) is 0.278. The standard InChI is InChI=1S/C18H21N3O4/c1-24-15-4-3-14(9-16(15)25-2)10-17(22)21-12-18(23)20-11-13-5-7-19-8-6-13/h3-9H,10-12H2,1-2H3,(H,20,23)(H,21,22). The van der Waals surface area contributed by atoms with Crippen LogP contribution in [0.1, 0.15) is 11.1 Å². The average molecular weight is 343 g/mol. The van der Waals surface area contributed by atoms with E-state index in [4.69, 9.17) is 9.47 Å². The van der Waals surface area contributed by atoms with Crippen LogP contribution in [-0.4, -0.2) is 37.6 Å². The number of nitrogens with zero attached hydrogens (tertiary/aromatic N) is 1. The minimum absolute atomic E-state index is 0.0722. The second kappa shape index (κ2) is 9.27.